The first-order valence-electron chi connectivity index (χ1n) is 7.05. The van der Waals surface area contributed by atoms with E-state index in [2.05, 4.69) is 46.4 Å². The molecule has 0 bridgehead atoms. The predicted molar refractivity (Wildman–Crippen MR) is 83.2 cm³/mol. The van der Waals surface area contributed by atoms with E-state index in [0.717, 1.165) is 47.4 Å². The molecule has 0 saturated carbocycles. The van der Waals surface area contributed by atoms with Gasteiger partial charge in [0.2, 0.25) is 0 Å². The van der Waals surface area contributed by atoms with Gasteiger partial charge in [0.25, 0.3) is 0 Å². The quantitative estimate of drug-likeness (QED) is 0.831. The number of rotatable bonds is 6. The predicted octanol–water partition coefficient (Wildman–Crippen LogP) is 2.95. The van der Waals surface area contributed by atoms with Crippen molar-refractivity contribution in [2.45, 2.75) is 47.1 Å². The second-order valence-corrected chi connectivity index (χ2v) is 6.06. The minimum Gasteiger partial charge on any atom is -0.313 e. The molecule has 0 radical (unpaired) electrons. The minimum absolute atomic E-state index is 0.717. The normalized spacial score (nSPS) is 11.0. The van der Waals surface area contributed by atoms with Crippen LogP contribution >= 0.6 is 11.3 Å². The largest absolute Gasteiger partial charge is 0.313 e. The van der Waals surface area contributed by atoms with Crippen molar-refractivity contribution in [1.82, 2.24) is 20.3 Å². The van der Waals surface area contributed by atoms with Gasteiger partial charge in [-0.15, -0.1) is 11.3 Å². The lowest BCUT2D eigenvalue weighted by molar-refractivity contribution is 0.662. The zero-order valence-corrected chi connectivity index (χ0v) is 13.5. The topological polar surface area (TPSA) is 50.7 Å². The molecule has 2 aromatic heterocycles. The van der Waals surface area contributed by atoms with Gasteiger partial charge < -0.3 is 5.32 Å². The average Bonchev–Trinajstić information content (AvgIpc) is 2.78. The highest BCUT2D eigenvalue weighted by Crippen LogP contribution is 2.14. The lowest BCUT2D eigenvalue weighted by atomic mass is 10.1. The Bertz CT molecular complexity index is 554. The fraction of sp³-hybridized carbons (Fsp3) is 0.533. The monoisotopic (exact) mass is 290 g/mol. The molecule has 20 heavy (non-hydrogen) atoms. The number of aryl methyl sites for hydroxylation is 3. The second kappa shape index (κ2) is 6.90. The van der Waals surface area contributed by atoms with E-state index >= 15 is 0 Å². The molecule has 0 spiro atoms. The third kappa shape index (κ3) is 3.84. The summed E-state index contributed by atoms with van der Waals surface area (Å²) in [5.41, 5.74) is 4.42. The number of hydrogen-bond acceptors (Lipinski definition) is 5. The smallest absolute Gasteiger partial charge is 0.134 e. The molecule has 0 saturated heterocycles. The molecule has 2 aromatic rings. The highest BCUT2D eigenvalue weighted by Gasteiger charge is 2.10. The summed E-state index contributed by atoms with van der Waals surface area (Å²) in [6.45, 7) is 10.2. The van der Waals surface area contributed by atoms with Gasteiger partial charge in [-0.05, 0) is 33.7 Å². The van der Waals surface area contributed by atoms with Crippen molar-refractivity contribution >= 4 is 11.3 Å². The summed E-state index contributed by atoms with van der Waals surface area (Å²) in [6, 6.07) is 0. The summed E-state index contributed by atoms with van der Waals surface area (Å²) in [5.74, 6) is 0.865. The molecular weight excluding hydrogens is 268 g/mol. The van der Waals surface area contributed by atoms with Crippen molar-refractivity contribution in [2.24, 2.45) is 0 Å². The lowest BCUT2D eigenvalue weighted by Gasteiger charge is -2.11. The highest BCUT2D eigenvalue weighted by molar-refractivity contribution is 7.09. The Morgan fingerprint density at radius 3 is 2.35 bits per heavy atom. The van der Waals surface area contributed by atoms with E-state index in [1.807, 2.05) is 6.92 Å². The Labute approximate surface area is 124 Å². The summed E-state index contributed by atoms with van der Waals surface area (Å²) >= 11 is 1.67. The van der Waals surface area contributed by atoms with Gasteiger partial charge in [-0.25, -0.2) is 15.0 Å². The third-order valence-electron chi connectivity index (χ3n) is 3.20. The van der Waals surface area contributed by atoms with Gasteiger partial charge in [0.05, 0.1) is 17.1 Å². The van der Waals surface area contributed by atoms with Crippen LogP contribution in [0.4, 0.5) is 0 Å². The zero-order valence-electron chi connectivity index (χ0n) is 12.7. The first-order valence-corrected chi connectivity index (χ1v) is 7.92. The Morgan fingerprint density at radius 2 is 1.80 bits per heavy atom. The standard InChI is InChI=1S/C15H22N4S/c1-5-6-16-8-14-10(2)17-15(18-11(14)3)7-13-9-20-12(4)19-13/h9,16H,5-8H2,1-4H3. The molecule has 1 N–H and O–H groups in total. The molecule has 0 aliphatic rings. The molecule has 0 aliphatic carbocycles. The van der Waals surface area contributed by atoms with Crippen LogP contribution in [0, 0.1) is 20.8 Å². The van der Waals surface area contributed by atoms with Gasteiger partial charge in [0, 0.05) is 28.9 Å². The Morgan fingerprint density at radius 1 is 1.10 bits per heavy atom. The maximum absolute atomic E-state index is 4.63. The summed E-state index contributed by atoms with van der Waals surface area (Å²) < 4.78 is 0. The van der Waals surface area contributed by atoms with Crippen LogP contribution in [-0.4, -0.2) is 21.5 Å². The van der Waals surface area contributed by atoms with Crippen molar-refractivity contribution in [2.75, 3.05) is 6.54 Å². The number of nitrogens with zero attached hydrogens (tertiary/aromatic N) is 3. The zero-order chi connectivity index (χ0) is 14.5. The van der Waals surface area contributed by atoms with Gasteiger partial charge in [-0.1, -0.05) is 6.92 Å². The van der Waals surface area contributed by atoms with Crippen LogP contribution in [-0.2, 0) is 13.0 Å². The van der Waals surface area contributed by atoms with E-state index < -0.39 is 0 Å². The maximum atomic E-state index is 4.63. The van der Waals surface area contributed by atoms with E-state index in [1.54, 1.807) is 11.3 Å². The van der Waals surface area contributed by atoms with Crippen LogP contribution in [0.15, 0.2) is 5.38 Å². The SMILES string of the molecule is CCCNCc1c(C)nc(Cc2csc(C)n2)nc1C. The number of thiazole rings is 1. The summed E-state index contributed by atoms with van der Waals surface area (Å²) in [5, 5.41) is 6.59. The maximum Gasteiger partial charge on any atom is 0.134 e. The van der Waals surface area contributed by atoms with Gasteiger partial charge in [0.1, 0.15) is 5.82 Å². The van der Waals surface area contributed by atoms with E-state index in [1.165, 1.54) is 5.56 Å². The highest BCUT2D eigenvalue weighted by atomic mass is 32.1. The minimum atomic E-state index is 0.717. The average molecular weight is 290 g/mol. The van der Waals surface area contributed by atoms with Crippen molar-refractivity contribution in [3.63, 3.8) is 0 Å². The molecule has 0 aromatic carbocycles. The van der Waals surface area contributed by atoms with Crippen LogP contribution in [0.1, 0.15) is 46.8 Å². The number of aromatic nitrogens is 3. The van der Waals surface area contributed by atoms with E-state index in [9.17, 15) is 0 Å². The fourth-order valence-electron chi connectivity index (χ4n) is 2.19. The molecule has 2 rings (SSSR count). The van der Waals surface area contributed by atoms with Gasteiger partial charge in [-0.3, -0.25) is 0 Å². The molecule has 0 amide bonds. The van der Waals surface area contributed by atoms with Crippen molar-refractivity contribution in [3.05, 3.63) is 38.9 Å². The molecule has 0 fully saturated rings. The third-order valence-corrected chi connectivity index (χ3v) is 4.02. The second-order valence-electron chi connectivity index (χ2n) is 5.00. The summed E-state index contributed by atoms with van der Waals surface area (Å²) in [7, 11) is 0. The molecule has 2 heterocycles. The van der Waals surface area contributed by atoms with Gasteiger partial charge >= 0.3 is 0 Å². The van der Waals surface area contributed by atoms with Crippen molar-refractivity contribution in [1.29, 1.82) is 0 Å². The molecule has 0 aliphatic heterocycles. The van der Waals surface area contributed by atoms with Crippen LogP contribution < -0.4 is 5.32 Å². The lowest BCUT2D eigenvalue weighted by Crippen LogP contribution is -2.17. The van der Waals surface area contributed by atoms with Gasteiger partial charge in [0.15, 0.2) is 0 Å². The fourth-order valence-corrected chi connectivity index (χ4v) is 2.80. The van der Waals surface area contributed by atoms with Crippen molar-refractivity contribution in [3.8, 4) is 0 Å². The molecule has 0 atom stereocenters. The Hall–Kier alpha value is -1.33. The molecule has 4 nitrogen and oxygen atoms in total. The first-order chi connectivity index (χ1) is 9.60. The number of hydrogen-bond donors (Lipinski definition) is 1. The summed E-state index contributed by atoms with van der Waals surface area (Å²) in [6.07, 6.45) is 1.86. The Balaban J connectivity index is 2.12. The van der Waals surface area contributed by atoms with Gasteiger partial charge in [-0.2, -0.15) is 0 Å². The summed E-state index contributed by atoms with van der Waals surface area (Å²) in [4.78, 5) is 13.7. The van der Waals surface area contributed by atoms with Crippen LogP contribution in [0.25, 0.3) is 0 Å². The first kappa shape index (κ1) is 15.1. The molecule has 0 unspecified atom stereocenters. The van der Waals surface area contributed by atoms with Crippen LogP contribution in [0.5, 0.6) is 0 Å². The number of nitrogens with one attached hydrogen (secondary N) is 1. The van der Waals surface area contributed by atoms with Crippen LogP contribution in [0.2, 0.25) is 0 Å². The molecular formula is C15H22N4S. The van der Waals surface area contributed by atoms with E-state index in [0.29, 0.717) is 6.42 Å². The van der Waals surface area contributed by atoms with Crippen LogP contribution in [0.3, 0.4) is 0 Å². The molecule has 5 heteroatoms. The Kier molecular flexibility index (Phi) is 5.20. The van der Waals surface area contributed by atoms with E-state index in [-0.39, 0.29) is 0 Å². The molecule has 108 valence electrons. The van der Waals surface area contributed by atoms with E-state index in [4.69, 9.17) is 0 Å². The van der Waals surface area contributed by atoms with Crippen molar-refractivity contribution < 1.29 is 0 Å².